The molecule has 0 aliphatic carbocycles. The lowest BCUT2D eigenvalue weighted by atomic mass is 10.1. The van der Waals surface area contributed by atoms with Crippen molar-refractivity contribution < 1.29 is 5.11 Å². The lowest BCUT2D eigenvalue weighted by Gasteiger charge is -2.08. The number of aryl methyl sites for hydroxylation is 1. The minimum Gasteiger partial charge on any atom is -0.508 e. The lowest BCUT2D eigenvalue weighted by Crippen LogP contribution is -1.91. The van der Waals surface area contributed by atoms with Crippen molar-refractivity contribution in [3.63, 3.8) is 0 Å². The zero-order valence-electron chi connectivity index (χ0n) is 7.41. The van der Waals surface area contributed by atoms with Gasteiger partial charge in [0.15, 0.2) is 0 Å². The van der Waals surface area contributed by atoms with Crippen LogP contribution in [0.2, 0.25) is 0 Å². The van der Waals surface area contributed by atoms with Gasteiger partial charge in [-0.3, -0.25) is 0 Å². The third-order valence-electron chi connectivity index (χ3n) is 1.92. The van der Waals surface area contributed by atoms with E-state index in [-0.39, 0.29) is 5.75 Å². The standard InChI is InChI=1S/C9H10BrNO2/c1-5-3-7(6(2)11-13)9(12)4-8(5)10/h3-4,6,12H,1-2H3. The van der Waals surface area contributed by atoms with E-state index in [0.29, 0.717) is 5.56 Å². The Bertz CT molecular complexity index is 339. The Balaban J connectivity index is 3.22. The summed E-state index contributed by atoms with van der Waals surface area (Å²) in [6.45, 7) is 3.54. The second-order valence-corrected chi connectivity index (χ2v) is 3.80. The Hall–Kier alpha value is -0.900. The van der Waals surface area contributed by atoms with Gasteiger partial charge in [0.05, 0.1) is 0 Å². The van der Waals surface area contributed by atoms with E-state index in [4.69, 9.17) is 0 Å². The smallest absolute Gasteiger partial charge is 0.122 e. The van der Waals surface area contributed by atoms with E-state index in [0.717, 1.165) is 10.0 Å². The maximum atomic E-state index is 10.3. The molecule has 0 aliphatic heterocycles. The second-order valence-electron chi connectivity index (χ2n) is 2.94. The highest BCUT2D eigenvalue weighted by atomic mass is 79.9. The van der Waals surface area contributed by atoms with Crippen LogP contribution in [0.25, 0.3) is 0 Å². The molecule has 0 saturated carbocycles. The first-order valence-electron chi connectivity index (χ1n) is 3.87. The zero-order valence-corrected chi connectivity index (χ0v) is 9.00. The summed E-state index contributed by atoms with van der Waals surface area (Å²) in [5, 5.41) is 12.4. The number of phenols is 1. The van der Waals surface area contributed by atoms with Crippen molar-refractivity contribution in [2.24, 2.45) is 5.18 Å². The van der Waals surface area contributed by atoms with Gasteiger partial charge >= 0.3 is 0 Å². The molecule has 0 aromatic heterocycles. The van der Waals surface area contributed by atoms with Crippen LogP contribution in [0.4, 0.5) is 0 Å². The van der Waals surface area contributed by atoms with Crippen LogP contribution >= 0.6 is 15.9 Å². The predicted molar refractivity (Wildman–Crippen MR) is 54.8 cm³/mol. The number of hydrogen-bond acceptors (Lipinski definition) is 3. The van der Waals surface area contributed by atoms with E-state index in [1.54, 1.807) is 19.1 Å². The van der Waals surface area contributed by atoms with Crippen molar-refractivity contribution >= 4 is 15.9 Å². The summed E-state index contributed by atoms with van der Waals surface area (Å²) in [7, 11) is 0. The SMILES string of the molecule is Cc1cc(C(C)N=O)c(O)cc1Br. The molecule has 1 aromatic carbocycles. The number of nitrogens with zero attached hydrogens (tertiary/aromatic N) is 1. The first kappa shape index (κ1) is 10.2. The zero-order chi connectivity index (χ0) is 10.0. The Labute approximate surface area is 84.9 Å². The molecule has 0 spiro atoms. The van der Waals surface area contributed by atoms with Crippen LogP contribution in [-0.2, 0) is 0 Å². The predicted octanol–water partition coefficient (Wildman–Crippen LogP) is 3.29. The fraction of sp³-hybridized carbons (Fsp3) is 0.333. The van der Waals surface area contributed by atoms with Crippen LogP contribution in [0.5, 0.6) is 5.75 Å². The number of nitroso groups, excluding NO2 is 1. The van der Waals surface area contributed by atoms with Crippen LogP contribution in [-0.4, -0.2) is 5.11 Å². The van der Waals surface area contributed by atoms with Crippen molar-refractivity contribution in [3.05, 3.63) is 32.6 Å². The van der Waals surface area contributed by atoms with Crippen LogP contribution in [0.1, 0.15) is 24.1 Å². The molecule has 1 rings (SSSR count). The van der Waals surface area contributed by atoms with Crippen molar-refractivity contribution in [2.45, 2.75) is 19.9 Å². The Kier molecular flexibility index (Phi) is 3.03. The van der Waals surface area contributed by atoms with Crippen LogP contribution < -0.4 is 0 Å². The summed E-state index contributed by atoms with van der Waals surface area (Å²) in [4.78, 5) is 10.3. The number of halogens is 1. The normalized spacial score (nSPS) is 12.5. The van der Waals surface area contributed by atoms with Gasteiger partial charge in [0, 0.05) is 10.0 Å². The Morgan fingerprint density at radius 2 is 2.15 bits per heavy atom. The molecule has 1 aromatic rings. The van der Waals surface area contributed by atoms with Crippen LogP contribution in [0, 0.1) is 11.8 Å². The summed E-state index contributed by atoms with van der Waals surface area (Å²) in [6.07, 6.45) is 0. The minimum atomic E-state index is -0.508. The highest BCUT2D eigenvalue weighted by molar-refractivity contribution is 9.10. The molecule has 3 nitrogen and oxygen atoms in total. The van der Waals surface area contributed by atoms with Gasteiger partial charge in [-0.2, -0.15) is 4.91 Å². The van der Waals surface area contributed by atoms with Crippen LogP contribution in [0.15, 0.2) is 21.8 Å². The molecule has 4 heteroatoms. The summed E-state index contributed by atoms with van der Waals surface area (Å²) < 4.78 is 0.826. The number of hydrogen-bond donors (Lipinski definition) is 1. The fourth-order valence-electron chi connectivity index (χ4n) is 1.08. The van der Waals surface area contributed by atoms with Crippen LogP contribution in [0.3, 0.4) is 0 Å². The van der Waals surface area contributed by atoms with Gasteiger partial charge in [-0.05, 0) is 31.5 Å². The molecule has 0 amide bonds. The molecule has 0 heterocycles. The largest absolute Gasteiger partial charge is 0.508 e. The van der Waals surface area contributed by atoms with Gasteiger partial charge < -0.3 is 5.11 Å². The molecular formula is C9H10BrNO2. The van der Waals surface area contributed by atoms with E-state index in [2.05, 4.69) is 21.1 Å². The molecule has 0 bridgehead atoms. The van der Waals surface area contributed by atoms with Crippen molar-refractivity contribution in [1.29, 1.82) is 0 Å². The molecular weight excluding hydrogens is 234 g/mol. The number of aromatic hydroxyl groups is 1. The molecule has 0 radical (unpaired) electrons. The molecule has 0 fully saturated rings. The third-order valence-corrected chi connectivity index (χ3v) is 2.77. The Morgan fingerprint density at radius 3 is 2.69 bits per heavy atom. The summed E-state index contributed by atoms with van der Waals surface area (Å²) >= 11 is 3.28. The van der Waals surface area contributed by atoms with Crippen molar-refractivity contribution in [2.75, 3.05) is 0 Å². The topological polar surface area (TPSA) is 49.7 Å². The molecule has 0 saturated heterocycles. The maximum Gasteiger partial charge on any atom is 0.122 e. The van der Waals surface area contributed by atoms with E-state index < -0.39 is 6.04 Å². The van der Waals surface area contributed by atoms with E-state index in [1.807, 2.05) is 6.92 Å². The minimum absolute atomic E-state index is 0.101. The second kappa shape index (κ2) is 3.87. The van der Waals surface area contributed by atoms with Gasteiger partial charge in [0.2, 0.25) is 0 Å². The van der Waals surface area contributed by atoms with Crippen molar-refractivity contribution in [3.8, 4) is 5.75 Å². The lowest BCUT2D eigenvalue weighted by molar-refractivity contribution is 0.463. The van der Waals surface area contributed by atoms with Gasteiger partial charge in [0.25, 0.3) is 0 Å². The molecule has 1 unspecified atom stereocenters. The molecule has 1 atom stereocenters. The highest BCUT2D eigenvalue weighted by Crippen LogP contribution is 2.31. The monoisotopic (exact) mass is 243 g/mol. The van der Waals surface area contributed by atoms with Gasteiger partial charge in [0.1, 0.15) is 11.8 Å². The van der Waals surface area contributed by atoms with Gasteiger partial charge in [-0.25, -0.2) is 0 Å². The molecule has 70 valence electrons. The summed E-state index contributed by atoms with van der Waals surface area (Å²) in [5.74, 6) is 0.101. The molecule has 13 heavy (non-hydrogen) atoms. The quantitative estimate of drug-likeness (QED) is 0.811. The molecule has 1 N–H and O–H groups in total. The average Bonchev–Trinajstić information content (AvgIpc) is 2.10. The first-order valence-corrected chi connectivity index (χ1v) is 4.67. The van der Waals surface area contributed by atoms with Crippen molar-refractivity contribution in [1.82, 2.24) is 0 Å². The van der Waals surface area contributed by atoms with E-state index >= 15 is 0 Å². The molecule has 0 aliphatic rings. The fourth-order valence-corrected chi connectivity index (χ4v) is 1.42. The van der Waals surface area contributed by atoms with E-state index in [1.165, 1.54) is 0 Å². The number of phenolic OH excluding ortho intramolecular Hbond substituents is 1. The maximum absolute atomic E-state index is 10.3. The first-order chi connectivity index (χ1) is 6.06. The Morgan fingerprint density at radius 1 is 1.54 bits per heavy atom. The third kappa shape index (κ3) is 2.06. The highest BCUT2D eigenvalue weighted by Gasteiger charge is 2.11. The van der Waals surface area contributed by atoms with Gasteiger partial charge in [-0.1, -0.05) is 21.1 Å². The summed E-state index contributed by atoms with van der Waals surface area (Å²) in [6, 6.07) is 2.82. The number of benzene rings is 1. The number of rotatable bonds is 2. The summed E-state index contributed by atoms with van der Waals surface area (Å²) in [5.41, 5.74) is 1.54. The average molecular weight is 244 g/mol. The van der Waals surface area contributed by atoms with E-state index in [9.17, 15) is 10.0 Å². The van der Waals surface area contributed by atoms with Gasteiger partial charge in [-0.15, -0.1) is 0 Å².